The number of nitrogens with zero attached hydrogens (tertiary/aromatic N) is 2. The van der Waals surface area contributed by atoms with Gasteiger partial charge in [0.25, 0.3) is 5.69 Å². The van der Waals surface area contributed by atoms with Gasteiger partial charge in [-0.15, -0.1) is 0 Å². The predicted octanol–water partition coefficient (Wildman–Crippen LogP) is 4.46. The van der Waals surface area contributed by atoms with Gasteiger partial charge in [0.15, 0.2) is 0 Å². The van der Waals surface area contributed by atoms with E-state index in [4.69, 9.17) is 4.74 Å². The van der Waals surface area contributed by atoms with E-state index in [9.17, 15) is 10.1 Å². The monoisotopic (exact) mass is 434 g/mol. The smallest absolute Gasteiger partial charge is 0.291 e. The standard InChI is InChI=1S/C12H8BrIN2O3/c1-7-9(16(17)18)6-15-12(11(7)13)19-10-5-3-2-4-8(10)14/h2-6H,1H3. The summed E-state index contributed by atoms with van der Waals surface area (Å²) < 4.78 is 7.09. The summed E-state index contributed by atoms with van der Waals surface area (Å²) in [6.07, 6.45) is 1.20. The molecule has 1 aromatic heterocycles. The predicted molar refractivity (Wildman–Crippen MR) is 82.6 cm³/mol. The highest BCUT2D eigenvalue weighted by Gasteiger charge is 2.18. The van der Waals surface area contributed by atoms with E-state index in [2.05, 4.69) is 43.5 Å². The van der Waals surface area contributed by atoms with Crippen molar-refractivity contribution in [3.05, 3.63) is 54.2 Å². The van der Waals surface area contributed by atoms with Crippen LogP contribution in [-0.4, -0.2) is 9.91 Å². The van der Waals surface area contributed by atoms with E-state index in [0.29, 0.717) is 21.7 Å². The number of aromatic nitrogens is 1. The second-order valence-corrected chi connectivity index (χ2v) is 5.63. The van der Waals surface area contributed by atoms with Crippen LogP contribution in [0.4, 0.5) is 5.69 Å². The van der Waals surface area contributed by atoms with Crippen LogP contribution in [0.1, 0.15) is 5.56 Å². The van der Waals surface area contributed by atoms with Gasteiger partial charge in [0.1, 0.15) is 11.9 Å². The van der Waals surface area contributed by atoms with Gasteiger partial charge >= 0.3 is 0 Å². The Hall–Kier alpha value is -1.22. The number of para-hydroxylation sites is 1. The Labute approximate surface area is 131 Å². The van der Waals surface area contributed by atoms with Crippen LogP contribution in [0, 0.1) is 20.6 Å². The van der Waals surface area contributed by atoms with Crippen molar-refractivity contribution in [2.24, 2.45) is 0 Å². The maximum atomic E-state index is 10.8. The van der Waals surface area contributed by atoms with Crippen LogP contribution >= 0.6 is 38.5 Å². The largest absolute Gasteiger partial charge is 0.437 e. The van der Waals surface area contributed by atoms with E-state index in [-0.39, 0.29) is 5.69 Å². The number of hydrogen-bond acceptors (Lipinski definition) is 4. The summed E-state index contributed by atoms with van der Waals surface area (Å²) in [5.74, 6) is 0.969. The lowest BCUT2D eigenvalue weighted by Crippen LogP contribution is -1.97. The molecule has 0 aliphatic heterocycles. The Kier molecular flexibility index (Phi) is 4.35. The lowest BCUT2D eigenvalue weighted by atomic mass is 10.2. The van der Waals surface area contributed by atoms with E-state index in [1.165, 1.54) is 6.20 Å². The molecule has 0 aliphatic carbocycles. The molecule has 5 nitrogen and oxygen atoms in total. The molecule has 0 fully saturated rings. The maximum absolute atomic E-state index is 10.8. The number of hydrogen-bond donors (Lipinski definition) is 0. The molecule has 7 heteroatoms. The first-order valence-corrected chi connectivity index (χ1v) is 7.09. The van der Waals surface area contributed by atoms with Gasteiger partial charge < -0.3 is 4.74 Å². The Morgan fingerprint density at radius 2 is 2.11 bits per heavy atom. The lowest BCUT2D eigenvalue weighted by molar-refractivity contribution is -0.385. The quantitative estimate of drug-likeness (QED) is 0.406. The molecule has 0 N–H and O–H groups in total. The molecule has 0 saturated carbocycles. The lowest BCUT2D eigenvalue weighted by Gasteiger charge is -2.09. The minimum Gasteiger partial charge on any atom is -0.437 e. The van der Waals surface area contributed by atoms with Crippen molar-refractivity contribution >= 4 is 44.2 Å². The zero-order valence-electron chi connectivity index (χ0n) is 9.76. The van der Waals surface area contributed by atoms with Gasteiger partial charge in [-0.2, -0.15) is 0 Å². The third kappa shape index (κ3) is 3.03. The van der Waals surface area contributed by atoms with Crippen LogP contribution in [0.25, 0.3) is 0 Å². The summed E-state index contributed by atoms with van der Waals surface area (Å²) in [6, 6.07) is 7.47. The van der Waals surface area contributed by atoms with Crippen molar-refractivity contribution in [1.29, 1.82) is 0 Å². The molecule has 0 aliphatic rings. The summed E-state index contributed by atoms with van der Waals surface area (Å²) in [4.78, 5) is 14.3. The first-order chi connectivity index (χ1) is 9.00. The molecule has 0 amide bonds. The van der Waals surface area contributed by atoms with Crippen molar-refractivity contribution in [3.63, 3.8) is 0 Å². The Morgan fingerprint density at radius 1 is 1.42 bits per heavy atom. The molecule has 0 atom stereocenters. The highest BCUT2D eigenvalue weighted by Crippen LogP contribution is 2.35. The molecule has 0 spiro atoms. The molecule has 2 rings (SSSR count). The van der Waals surface area contributed by atoms with Crippen molar-refractivity contribution < 1.29 is 9.66 Å². The van der Waals surface area contributed by atoms with Crippen molar-refractivity contribution in [3.8, 4) is 11.6 Å². The van der Waals surface area contributed by atoms with Gasteiger partial charge in [0, 0.05) is 5.56 Å². The summed E-state index contributed by atoms with van der Waals surface area (Å²) in [5, 5.41) is 10.8. The van der Waals surface area contributed by atoms with Crippen LogP contribution in [0.15, 0.2) is 34.9 Å². The van der Waals surface area contributed by atoms with Gasteiger partial charge in [0.2, 0.25) is 5.88 Å². The number of ether oxygens (including phenoxy) is 1. The van der Waals surface area contributed by atoms with Crippen LogP contribution in [0.2, 0.25) is 0 Å². The fourth-order valence-corrected chi connectivity index (χ4v) is 2.32. The van der Waals surface area contributed by atoms with E-state index in [0.717, 1.165) is 3.57 Å². The zero-order chi connectivity index (χ0) is 14.0. The number of pyridine rings is 1. The topological polar surface area (TPSA) is 65.3 Å². The third-order valence-electron chi connectivity index (χ3n) is 2.45. The SMILES string of the molecule is Cc1c([N+](=O)[O-])cnc(Oc2ccccc2I)c1Br. The molecule has 19 heavy (non-hydrogen) atoms. The van der Waals surface area contributed by atoms with Crippen LogP contribution in [-0.2, 0) is 0 Å². The van der Waals surface area contributed by atoms with E-state index < -0.39 is 4.92 Å². The highest BCUT2D eigenvalue weighted by molar-refractivity contribution is 14.1. The van der Waals surface area contributed by atoms with Gasteiger partial charge in [-0.1, -0.05) is 12.1 Å². The van der Waals surface area contributed by atoms with Crippen molar-refractivity contribution in [2.45, 2.75) is 6.92 Å². The molecule has 0 saturated heterocycles. The molecular formula is C12H8BrIN2O3. The van der Waals surface area contributed by atoms with Gasteiger partial charge in [-0.05, 0) is 57.6 Å². The molecule has 1 heterocycles. The molecule has 0 radical (unpaired) electrons. The molecule has 0 bridgehead atoms. The van der Waals surface area contributed by atoms with Gasteiger partial charge in [0.05, 0.1) is 13.0 Å². The average Bonchev–Trinajstić information content (AvgIpc) is 2.37. The summed E-state index contributed by atoms with van der Waals surface area (Å²) in [7, 11) is 0. The fraction of sp³-hybridized carbons (Fsp3) is 0.0833. The Bertz CT molecular complexity index is 649. The Morgan fingerprint density at radius 3 is 2.74 bits per heavy atom. The Balaban J connectivity index is 2.40. The molecule has 1 aromatic carbocycles. The normalized spacial score (nSPS) is 10.3. The van der Waals surface area contributed by atoms with Crippen molar-refractivity contribution in [1.82, 2.24) is 4.98 Å². The van der Waals surface area contributed by atoms with E-state index >= 15 is 0 Å². The zero-order valence-corrected chi connectivity index (χ0v) is 13.5. The maximum Gasteiger partial charge on any atom is 0.291 e. The first kappa shape index (κ1) is 14.2. The van der Waals surface area contributed by atoms with E-state index in [1.54, 1.807) is 6.92 Å². The second kappa shape index (κ2) is 5.83. The number of halogens is 2. The van der Waals surface area contributed by atoms with Crippen LogP contribution in [0.3, 0.4) is 0 Å². The second-order valence-electron chi connectivity index (χ2n) is 3.68. The summed E-state index contributed by atoms with van der Waals surface area (Å²) in [6.45, 7) is 1.65. The van der Waals surface area contributed by atoms with Gasteiger partial charge in [-0.3, -0.25) is 10.1 Å². The number of benzene rings is 1. The average molecular weight is 435 g/mol. The number of nitro groups is 1. The molecule has 0 unspecified atom stereocenters. The molecule has 98 valence electrons. The third-order valence-corrected chi connectivity index (χ3v) is 4.27. The molecular weight excluding hydrogens is 427 g/mol. The van der Waals surface area contributed by atoms with Crippen molar-refractivity contribution in [2.75, 3.05) is 0 Å². The van der Waals surface area contributed by atoms with E-state index in [1.807, 2.05) is 24.3 Å². The number of rotatable bonds is 3. The minimum atomic E-state index is -0.469. The summed E-state index contributed by atoms with van der Waals surface area (Å²) >= 11 is 5.44. The first-order valence-electron chi connectivity index (χ1n) is 5.22. The highest BCUT2D eigenvalue weighted by atomic mass is 127. The summed E-state index contributed by atoms with van der Waals surface area (Å²) in [5.41, 5.74) is 0.447. The minimum absolute atomic E-state index is 0.0398. The fourth-order valence-electron chi connectivity index (χ4n) is 1.43. The van der Waals surface area contributed by atoms with Crippen LogP contribution < -0.4 is 4.74 Å². The van der Waals surface area contributed by atoms with Crippen LogP contribution in [0.5, 0.6) is 11.6 Å². The molecule has 2 aromatic rings. The van der Waals surface area contributed by atoms with Gasteiger partial charge in [-0.25, -0.2) is 4.98 Å².